The molecule has 0 radical (unpaired) electrons. The molecule has 0 atom stereocenters. The first-order chi connectivity index (χ1) is 10.0. The molecular formula is C17H16BrNO2. The minimum atomic E-state index is 0.0321. The summed E-state index contributed by atoms with van der Waals surface area (Å²) in [6.07, 6.45) is 0.828. The van der Waals surface area contributed by atoms with Crippen LogP contribution in [0.4, 0.5) is 0 Å². The van der Waals surface area contributed by atoms with Gasteiger partial charge in [-0.1, -0.05) is 28.1 Å². The molecule has 0 fully saturated rings. The van der Waals surface area contributed by atoms with Crippen molar-refractivity contribution in [3.05, 3.63) is 63.1 Å². The van der Waals surface area contributed by atoms with Gasteiger partial charge in [0.1, 0.15) is 5.75 Å². The fourth-order valence-electron chi connectivity index (χ4n) is 2.63. The van der Waals surface area contributed by atoms with Crippen molar-refractivity contribution in [1.82, 2.24) is 4.90 Å². The van der Waals surface area contributed by atoms with Crippen LogP contribution in [0.2, 0.25) is 0 Å². The Morgan fingerprint density at radius 2 is 2.00 bits per heavy atom. The molecule has 0 saturated carbocycles. The first kappa shape index (κ1) is 14.1. The Morgan fingerprint density at radius 1 is 1.19 bits per heavy atom. The van der Waals surface area contributed by atoms with Crippen molar-refractivity contribution in [3.63, 3.8) is 0 Å². The van der Waals surface area contributed by atoms with Gasteiger partial charge in [0, 0.05) is 23.1 Å². The van der Waals surface area contributed by atoms with E-state index in [4.69, 9.17) is 0 Å². The molecule has 1 aliphatic heterocycles. The van der Waals surface area contributed by atoms with Crippen LogP contribution in [0, 0.1) is 6.92 Å². The minimum Gasteiger partial charge on any atom is -0.508 e. The average Bonchev–Trinajstić information content (AvgIpc) is 2.48. The summed E-state index contributed by atoms with van der Waals surface area (Å²) in [4.78, 5) is 14.4. The number of rotatable bonds is 1. The van der Waals surface area contributed by atoms with E-state index < -0.39 is 0 Å². The molecule has 0 bridgehead atoms. The Labute approximate surface area is 132 Å². The molecular weight excluding hydrogens is 330 g/mol. The number of phenols is 1. The number of fused-ring (bicyclic) bond motifs is 1. The van der Waals surface area contributed by atoms with Crippen LogP contribution in [0.1, 0.15) is 27.0 Å². The number of benzene rings is 2. The van der Waals surface area contributed by atoms with E-state index in [0.717, 1.165) is 22.0 Å². The third-order valence-corrected chi connectivity index (χ3v) is 4.76. The van der Waals surface area contributed by atoms with Gasteiger partial charge in [-0.2, -0.15) is 0 Å². The van der Waals surface area contributed by atoms with Crippen molar-refractivity contribution in [3.8, 4) is 5.75 Å². The van der Waals surface area contributed by atoms with Crippen molar-refractivity contribution in [2.75, 3.05) is 6.54 Å². The van der Waals surface area contributed by atoms with Crippen LogP contribution < -0.4 is 0 Å². The number of nitrogens with zero attached hydrogens (tertiary/aromatic N) is 1. The quantitative estimate of drug-likeness (QED) is 0.856. The lowest BCUT2D eigenvalue weighted by Crippen LogP contribution is -2.35. The van der Waals surface area contributed by atoms with Crippen LogP contribution in [0.15, 0.2) is 40.9 Å². The Balaban J connectivity index is 1.85. The topological polar surface area (TPSA) is 40.5 Å². The van der Waals surface area contributed by atoms with Crippen molar-refractivity contribution < 1.29 is 9.90 Å². The Hall–Kier alpha value is -1.81. The lowest BCUT2D eigenvalue weighted by atomic mass is 9.98. The van der Waals surface area contributed by atoms with E-state index in [1.165, 1.54) is 5.56 Å². The van der Waals surface area contributed by atoms with Crippen LogP contribution in [0.3, 0.4) is 0 Å². The van der Waals surface area contributed by atoms with Gasteiger partial charge in [0.25, 0.3) is 5.91 Å². The molecule has 0 aromatic heterocycles. The zero-order chi connectivity index (χ0) is 15.0. The number of carbonyl (C=O) groups is 1. The Bertz CT molecular complexity index is 712. The standard InChI is InChI=1S/C17H16BrNO2/c1-11-2-3-13(9-16(11)18)17(21)19-7-6-12-4-5-15(20)8-14(12)10-19/h2-5,8-9,20H,6-7,10H2,1H3. The molecule has 108 valence electrons. The number of carbonyl (C=O) groups excluding carboxylic acids is 1. The number of hydrogen-bond donors (Lipinski definition) is 1. The number of hydrogen-bond acceptors (Lipinski definition) is 2. The SMILES string of the molecule is Cc1ccc(C(=O)N2CCc3ccc(O)cc3C2)cc1Br. The number of phenolic OH excluding ortho intramolecular Hbond substituents is 1. The lowest BCUT2D eigenvalue weighted by Gasteiger charge is -2.29. The molecule has 0 spiro atoms. The second-order valence-electron chi connectivity index (χ2n) is 5.39. The molecule has 2 aromatic rings. The van der Waals surface area contributed by atoms with E-state index in [9.17, 15) is 9.90 Å². The molecule has 0 unspecified atom stereocenters. The summed E-state index contributed by atoms with van der Waals surface area (Å²) in [7, 11) is 0. The van der Waals surface area contributed by atoms with Crippen molar-refractivity contribution >= 4 is 21.8 Å². The van der Waals surface area contributed by atoms with Crippen LogP contribution in [-0.2, 0) is 13.0 Å². The lowest BCUT2D eigenvalue weighted by molar-refractivity contribution is 0.0734. The molecule has 1 N–H and O–H groups in total. The van der Waals surface area contributed by atoms with Gasteiger partial charge in [0.05, 0.1) is 0 Å². The molecule has 1 aliphatic rings. The average molecular weight is 346 g/mol. The maximum absolute atomic E-state index is 12.6. The molecule has 21 heavy (non-hydrogen) atoms. The highest BCUT2D eigenvalue weighted by Crippen LogP contribution is 2.25. The van der Waals surface area contributed by atoms with Crippen LogP contribution in [0.5, 0.6) is 5.75 Å². The highest BCUT2D eigenvalue weighted by atomic mass is 79.9. The summed E-state index contributed by atoms with van der Waals surface area (Å²) >= 11 is 3.47. The Morgan fingerprint density at radius 3 is 2.76 bits per heavy atom. The van der Waals surface area contributed by atoms with Gasteiger partial charge in [-0.05, 0) is 54.3 Å². The zero-order valence-corrected chi connectivity index (χ0v) is 13.4. The molecule has 0 aliphatic carbocycles. The fourth-order valence-corrected chi connectivity index (χ4v) is 3.00. The fraction of sp³-hybridized carbons (Fsp3) is 0.235. The van der Waals surface area contributed by atoms with Gasteiger partial charge in [-0.25, -0.2) is 0 Å². The van der Waals surface area contributed by atoms with E-state index >= 15 is 0 Å². The van der Waals surface area contributed by atoms with E-state index in [-0.39, 0.29) is 11.7 Å². The molecule has 1 heterocycles. The second-order valence-corrected chi connectivity index (χ2v) is 6.25. The second kappa shape index (κ2) is 5.53. The summed E-state index contributed by atoms with van der Waals surface area (Å²) in [6.45, 7) is 3.26. The number of amides is 1. The van der Waals surface area contributed by atoms with Gasteiger partial charge in [0.15, 0.2) is 0 Å². The number of aryl methyl sites for hydroxylation is 1. The summed E-state index contributed by atoms with van der Waals surface area (Å²) in [5, 5.41) is 9.59. The summed E-state index contributed by atoms with van der Waals surface area (Å²) < 4.78 is 0.948. The van der Waals surface area contributed by atoms with Crippen molar-refractivity contribution in [1.29, 1.82) is 0 Å². The molecule has 3 rings (SSSR count). The minimum absolute atomic E-state index is 0.0321. The van der Waals surface area contributed by atoms with Gasteiger partial charge < -0.3 is 10.0 Å². The number of aromatic hydroxyl groups is 1. The predicted octanol–water partition coefficient (Wildman–Crippen LogP) is 3.66. The van der Waals surface area contributed by atoms with Gasteiger partial charge in [0.2, 0.25) is 0 Å². The van der Waals surface area contributed by atoms with E-state index in [1.807, 2.05) is 36.1 Å². The van der Waals surface area contributed by atoms with Crippen LogP contribution in [-0.4, -0.2) is 22.5 Å². The molecule has 2 aromatic carbocycles. The van der Waals surface area contributed by atoms with E-state index in [1.54, 1.807) is 12.1 Å². The highest BCUT2D eigenvalue weighted by molar-refractivity contribution is 9.10. The smallest absolute Gasteiger partial charge is 0.254 e. The summed E-state index contributed by atoms with van der Waals surface area (Å²) in [6, 6.07) is 11.1. The van der Waals surface area contributed by atoms with Crippen LogP contribution >= 0.6 is 15.9 Å². The summed E-state index contributed by atoms with van der Waals surface area (Å²) in [5.74, 6) is 0.283. The van der Waals surface area contributed by atoms with E-state index in [2.05, 4.69) is 15.9 Å². The zero-order valence-electron chi connectivity index (χ0n) is 11.8. The monoisotopic (exact) mass is 345 g/mol. The van der Waals surface area contributed by atoms with Gasteiger partial charge >= 0.3 is 0 Å². The molecule has 0 saturated heterocycles. The van der Waals surface area contributed by atoms with Crippen LogP contribution in [0.25, 0.3) is 0 Å². The first-order valence-electron chi connectivity index (χ1n) is 6.91. The highest BCUT2D eigenvalue weighted by Gasteiger charge is 2.22. The normalized spacial score (nSPS) is 13.9. The van der Waals surface area contributed by atoms with Crippen molar-refractivity contribution in [2.45, 2.75) is 19.9 Å². The van der Waals surface area contributed by atoms with Crippen molar-refractivity contribution in [2.24, 2.45) is 0 Å². The summed E-state index contributed by atoms with van der Waals surface area (Å²) in [5.41, 5.74) is 4.04. The third-order valence-electron chi connectivity index (χ3n) is 3.91. The third kappa shape index (κ3) is 2.81. The maximum atomic E-state index is 12.6. The van der Waals surface area contributed by atoms with Gasteiger partial charge in [-0.3, -0.25) is 4.79 Å². The largest absolute Gasteiger partial charge is 0.508 e. The Kier molecular flexibility index (Phi) is 3.72. The predicted molar refractivity (Wildman–Crippen MR) is 85.4 cm³/mol. The maximum Gasteiger partial charge on any atom is 0.254 e. The first-order valence-corrected chi connectivity index (χ1v) is 7.70. The molecule has 4 heteroatoms. The molecule has 1 amide bonds. The molecule has 3 nitrogen and oxygen atoms in total. The van der Waals surface area contributed by atoms with E-state index in [0.29, 0.717) is 18.7 Å². The number of halogens is 1. The van der Waals surface area contributed by atoms with Gasteiger partial charge in [-0.15, -0.1) is 0 Å².